The van der Waals surface area contributed by atoms with Crippen LogP contribution >= 0.6 is 0 Å². The number of aromatic nitrogens is 2. The number of piperidine rings is 1. The zero-order valence-electron chi connectivity index (χ0n) is 14.5. The molecule has 0 aliphatic carbocycles. The lowest BCUT2D eigenvalue weighted by Gasteiger charge is -2.22. The summed E-state index contributed by atoms with van der Waals surface area (Å²) in [7, 11) is 0. The topological polar surface area (TPSA) is 76.1 Å². The van der Waals surface area contributed by atoms with E-state index in [-0.39, 0.29) is 5.91 Å². The van der Waals surface area contributed by atoms with Crippen molar-refractivity contribution < 1.29 is 9.53 Å². The van der Waals surface area contributed by atoms with Crippen molar-refractivity contribution in [2.24, 2.45) is 5.92 Å². The minimum absolute atomic E-state index is 0.0710. The monoisotopic (exact) mass is 340 g/mol. The average molecular weight is 340 g/mol. The maximum absolute atomic E-state index is 12.2. The molecule has 0 atom stereocenters. The summed E-state index contributed by atoms with van der Waals surface area (Å²) in [6, 6.07) is 7.59. The lowest BCUT2D eigenvalue weighted by molar-refractivity contribution is -0.116. The van der Waals surface area contributed by atoms with E-state index in [9.17, 15) is 4.79 Å². The predicted octanol–water partition coefficient (Wildman–Crippen LogP) is 3.30. The molecule has 2 heterocycles. The highest BCUT2D eigenvalue weighted by Gasteiger charge is 2.15. The molecule has 1 aromatic carbocycles. The lowest BCUT2D eigenvalue weighted by Crippen LogP contribution is -2.28. The van der Waals surface area contributed by atoms with Gasteiger partial charge in [0.1, 0.15) is 5.75 Å². The van der Waals surface area contributed by atoms with Gasteiger partial charge in [-0.1, -0.05) is 0 Å². The molecule has 2 N–H and O–H groups in total. The van der Waals surface area contributed by atoms with Crippen LogP contribution in [0, 0.1) is 12.8 Å². The molecule has 1 fully saturated rings. The maximum Gasteiger partial charge on any atom is 0.321 e. The molecule has 1 saturated heterocycles. The Hall–Kier alpha value is -2.47. The van der Waals surface area contributed by atoms with Gasteiger partial charge in [0.05, 0.1) is 0 Å². The molecule has 6 nitrogen and oxygen atoms in total. The van der Waals surface area contributed by atoms with Gasteiger partial charge in [0.2, 0.25) is 5.91 Å². The molecule has 0 bridgehead atoms. The van der Waals surface area contributed by atoms with Crippen LogP contribution in [0.3, 0.4) is 0 Å². The Labute approximate surface area is 148 Å². The van der Waals surface area contributed by atoms with Gasteiger partial charge in [-0.3, -0.25) is 4.79 Å². The van der Waals surface area contributed by atoms with Crippen molar-refractivity contribution in [2.75, 3.05) is 18.4 Å². The van der Waals surface area contributed by atoms with Crippen LogP contribution in [0.4, 0.5) is 5.69 Å². The first-order chi connectivity index (χ1) is 12.2. The fourth-order valence-electron chi connectivity index (χ4n) is 3.00. The lowest BCUT2D eigenvalue weighted by atomic mass is 9.93. The number of ether oxygens (including phenoxy) is 1. The molecule has 25 heavy (non-hydrogen) atoms. The van der Waals surface area contributed by atoms with Crippen molar-refractivity contribution in [3.8, 4) is 11.8 Å². The summed E-state index contributed by atoms with van der Waals surface area (Å²) in [4.78, 5) is 20.3. The third-order valence-electron chi connectivity index (χ3n) is 4.46. The molecule has 2 aromatic rings. The van der Waals surface area contributed by atoms with E-state index >= 15 is 0 Å². The van der Waals surface area contributed by atoms with E-state index in [1.165, 1.54) is 12.8 Å². The number of anilines is 1. The van der Waals surface area contributed by atoms with Crippen LogP contribution < -0.4 is 15.4 Å². The molecule has 0 unspecified atom stereocenters. The van der Waals surface area contributed by atoms with Crippen LogP contribution in [0.5, 0.6) is 11.8 Å². The quantitative estimate of drug-likeness (QED) is 0.844. The first-order valence-electron chi connectivity index (χ1n) is 8.77. The van der Waals surface area contributed by atoms with Crippen molar-refractivity contribution in [1.29, 1.82) is 0 Å². The second kappa shape index (κ2) is 8.58. The summed E-state index contributed by atoms with van der Waals surface area (Å²) in [5.41, 5.74) is 1.76. The number of carbonyl (C=O) groups excluding carboxylic acids is 1. The van der Waals surface area contributed by atoms with E-state index in [4.69, 9.17) is 4.74 Å². The van der Waals surface area contributed by atoms with Crippen molar-refractivity contribution in [3.63, 3.8) is 0 Å². The van der Waals surface area contributed by atoms with Gasteiger partial charge in [-0.15, -0.1) is 0 Å². The number of nitrogens with one attached hydrogen (secondary N) is 2. The SMILES string of the molecule is Cc1cc(Oc2ncccn2)ccc1NC(=O)CCC1CCNCC1. The summed E-state index contributed by atoms with van der Waals surface area (Å²) < 4.78 is 5.61. The summed E-state index contributed by atoms with van der Waals surface area (Å²) in [6.07, 6.45) is 7.12. The van der Waals surface area contributed by atoms with Crippen molar-refractivity contribution >= 4 is 11.6 Å². The van der Waals surface area contributed by atoms with E-state index in [1.54, 1.807) is 18.5 Å². The van der Waals surface area contributed by atoms with Crippen LogP contribution in [-0.2, 0) is 4.79 Å². The van der Waals surface area contributed by atoms with E-state index in [0.29, 0.717) is 24.1 Å². The first kappa shape index (κ1) is 17.4. The Morgan fingerprint density at radius 3 is 2.76 bits per heavy atom. The van der Waals surface area contributed by atoms with Gasteiger partial charge in [-0.05, 0) is 75.0 Å². The average Bonchev–Trinajstić information content (AvgIpc) is 2.64. The van der Waals surface area contributed by atoms with Crippen LogP contribution in [0.2, 0.25) is 0 Å². The molecule has 0 radical (unpaired) electrons. The fourth-order valence-corrected chi connectivity index (χ4v) is 3.00. The van der Waals surface area contributed by atoms with Crippen molar-refractivity contribution in [2.45, 2.75) is 32.6 Å². The summed E-state index contributed by atoms with van der Waals surface area (Å²) in [5, 5.41) is 6.35. The zero-order chi connectivity index (χ0) is 17.5. The Balaban J connectivity index is 1.52. The number of amides is 1. The van der Waals surface area contributed by atoms with Gasteiger partial charge in [-0.2, -0.15) is 0 Å². The smallest absolute Gasteiger partial charge is 0.321 e. The Morgan fingerprint density at radius 2 is 2.04 bits per heavy atom. The molecular formula is C19H24N4O2. The predicted molar refractivity (Wildman–Crippen MR) is 96.7 cm³/mol. The van der Waals surface area contributed by atoms with Gasteiger partial charge < -0.3 is 15.4 Å². The van der Waals surface area contributed by atoms with E-state index in [2.05, 4.69) is 20.6 Å². The third kappa shape index (κ3) is 5.26. The number of hydrogen-bond acceptors (Lipinski definition) is 5. The molecule has 6 heteroatoms. The number of carbonyl (C=O) groups is 1. The van der Waals surface area contributed by atoms with Crippen molar-refractivity contribution in [3.05, 3.63) is 42.2 Å². The second-order valence-corrected chi connectivity index (χ2v) is 6.39. The molecule has 0 saturated carbocycles. The largest absolute Gasteiger partial charge is 0.424 e. The van der Waals surface area contributed by atoms with Gasteiger partial charge in [0, 0.05) is 24.5 Å². The van der Waals surface area contributed by atoms with Gasteiger partial charge in [-0.25, -0.2) is 9.97 Å². The van der Waals surface area contributed by atoms with Crippen LogP contribution in [0.1, 0.15) is 31.2 Å². The minimum Gasteiger partial charge on any atom is -0.424 e. The number of nitrogens with zero attached hydrogens (tertiary/aromatic N) is 2. The molecule has 1 aromatic heterocycles. The second-order valence-electron chi connectivity index (χ2n) is 6.39. The normalized spacial score (nSPS) is 14.9. The molecule has 132 valence electrons. The number of hydrogen-bond donors (Lipinski definition) is 2. The number of aryl methyl sites for hydroxylation is 1. The highest BCUT2D eigenvalue weighted by Crippen LogP contribution is 2.25. The number of benzene rings is 1. The van der Waals surface area contributed by atoms with E-state index < -0.39 is 0 Å². The third-order valence-corrected chi connectivity index (χ3v) is 4.46. The van der Waals surface area contributed by atoms with Crippen LogP contribution in [0.25, 0.3) is 0 Å². The maximum atomic E-state index is 12.2. The Morgan fingerprint density at radius 1 is 1.28 bits per heavy atom. The van der Waals surface area contributed by atoms with Crippen LogP contribution in [0.15, 0.2) is 36.7 Å². The Bertz CT molecular complexity index is 700. The Kier molecular flexibility index (Phi) is 5.95. The van der Waals surface area contributed by atoms with Crippen LogP contribution in [-0.4, -0.2) is 29.0 Å². The summed E-state index contributed by atoms with van der Waals surface area (Å²) in [5.74, 6) is 1.38. The molecule has 3 rings (SSSR count). The zero-order valence-corrected chi connectivity index (χ0v) is 14.5. The highest BCUT2D eigenvalue weighted by atomic mass is 16.5. The molecule has 0 spiro atoms. The van der Waals surface area contributed by atoms with E-state index in [1.807, 2.05) is 25.1 Å². The molecule has 1 aliphatic heterocycles. The summed E-state index contributed by atoms with van der Waals surface area (Å²) in [6.45, 7) is 4.08. The van der Waals surface area contributed by atoms with Gasteiger partial charge in [0.25, 0.3) is 0 Å². The molecular weight excluding hydrogens is 316 g/mol. The molecule has 1 amide bonds. The highest BCUT2D eigenvalue weighted by molar-refractivity contribution is 5.91. The van der Waals surface area contributed by atoms with Gasteiger partial charge in [0.15, 0.2) is 0 Å². The standard InChI is InChI=1S/C19H24N4O2/c1-14-13-16(25-19-21-9-2-10-22-19)4-5-17(14)23-18(24)6-3-15-7-11-20-12-8-15/h2,4-5,9-10,13,15,20H,3,6-8,11-12H2,1H3,(H,23,24). The first-order valence-corrected chi connectivity index (χ1v) is 8.77. The molecule has 1 aliphatic rings. The minimum atomic E-state index is 0.0710. The van der Waals surface area contributed by atoms with Crippen molar-refractivity contribution in [1.82, 2.24) is 15.3 Å². The van der Waals surface area contributed by atoms with E-state index in [0.717, 1.165) is 30.8 Å². The fraction of sp³-hybridized carbons (Fsp3) is 0.421. The number of rotatable bonds is 6. The summed E-state index contributed by atoms with van der Waals surface area (Å²) >= 11 is 0. The van der Waals surface area contributed by atoms with Gasteiger partial charge >= 0.3 is 6.01 Å².